The Morgan fingerprint density at radius 2 is 1.65 bits per heavy atom. The normalized spacial score (nSPS) is 12.9. The van der Waals surface area contributed by atoms with Crippen LogP contribution in [0.3, 0.4) is 0 Å². The Morgan fingerprint density at radius 3 is 2.41 bits per heavy atom. The molecule has 1 aliphatic rings. The minimum absolute atomic E-state index is 0.878. The molecule has 1 heterocycles. The van der Waals surface area contributed by atoms with Crippen LogP contribution in [0.2, 0.25) is 0 Å². The van der Waals surface area contributed by atoms with Gasteiger partial charge in [0.1, 0.15) is 0 Å². The molecule has 1 aliphatic heterocycles. The number of hydrogen-bond donors (Lipinski definition) is 0. The Labute approximate surface area is 107 Å². The van der Waals surface area contributed by atoms with Crippen molar-refractivity contribution in [3.63, 3.8) is 0 Å². The molecule has 0 bridgehead atoms. The van der Waals surface area contributed by atoms with E-state index in [2.05, 4.69) is 53.4 Å². The summed E-state index contributed by atoms with van der Waals surface area (Å²) in [5.74, 6) is 0. The predicted molar refractivity (Wildman–Crippen MR) is 76.3 cm³/mol. The smallest absolute Gasteiger partial charge is 0.0795 e. The monoisotopic (exact) mass is 239 g/mol. The number of thiocarbonyl (C=S) groups is 1. The Bertz CT molecular complexity index is 589. The summed E-state index contributed by atoms with van der Waals surface area (Å²) >= 11 is 5.35. The number of anilines is 1. The number of para-hydroxylation sites is 1. The van der Waals surface area contributed by atoms with Gasteiger partial charge in [-0.25, -0.2) is 0 Å². The van der Waals surface area contributed by atoms with E-state index in [4.69, 9.17) is 12.2 Å². The molecule has 0 spiro atoms. The van der Waals surface area contributed by atoms with Crippen LogP contribution in [-0.2, 0) is 6.54 Å². The first kappa shape index (κ1) is 10.5. The summed E-state index contributed by atoms with van der Waals surface area (Å²) in [4.78, 5) is 3.12. The fourth-order valence-corrected chi connectivity index (χ4v) is 2.56. The second-order valence-corrected chi connectivity index (χ2v) is 4.87. The molecule has 0 unspecified atom stereocenters. The van der Waals surface area contributed by atoms with Crippen LogP contribution in [0.15, 0.2) is 48.5 Å². The summed E-state index contributed by atoms with van der Waals surface area (Å²) in [6, 6.07) is 17.0. The fourth-order valence-electron chi connectivity index (χ4n) is 2.39. The maximum Gasteiger partial charge on any atom is 0.0795 e. The lowest BCUT2D eigenvalue weighted by atomic mass is 9.93. The van der Waals surface area contributed by atoms with Gasteiger partial charge in [-0.3, -0.25) is 0 Å². The van der Waals surface area contributed by atoms with Crippen molar-refractivity contribution in [3.8, 4) is 11.1 Å². The lowest BCUT2D eigenvalue weighted by Crippen LogP contribution is -2.29. The van der Waals surface area contributed by atoms with Crippen molar-refractivity contribution < 1.29 is 0 Å². The molecule has 0 radical (unpaired) electrons. The van der Waals surface area contributed by atoms with Gasteiger partial charge in [-0.05, 0) is 24.1 Å². The third kappa shape index (κ3) is 1.65. The average Bonchev–Trinajstić information content (AvgIpc) is 2.37. The van der Waals surface area contributed by atoms with E-state index in [9.17, 15) is 0 Å². The van der Waals surface area contributed by atoms with Crippen LogP contribution in [-0.4, -0.2) is 4.99 Å². The second kappa shape index (κ2) is 3.97. The van der Waals surface area contributed by atoms with Gasteiger partial charge < -0.3 is 4.90 Å². The number of rotatable bonds is 0. The summed E-state index contributed by atoms with van der Waals surface area (Å²) in [6.45, 7) is 2.86. The molecule has 0 aliphatic carbocycles. The van der Waals surface area contributed by atoms with Gasteiger partial charge in [-0.15, -0.1) is 0 Å². The van der Waals surface area contributed by atoms with Crippen LogP contribution >= 0.6 is 12.2 Å². The maximum atomic E-state index is 5.35. The van der Waals surface area contributed by atoms with Gasteiger partial charge in [0.15, 0.2) is 0 Å². The van der Waals surface area contributed by atoms with Crippen molar-refractivity contribution >= 4 is 22.9 Å². The average molecular weight is 239 g/mol. The quantitative estimate of drug-likeness (QED) is 0.639. The number of hydrogen-bond acceptors (Lipinski definition) is 1. The molecule has 0 saturated carbocycles. The molecule has 0 N–H and O–H groups in total. The molecule has 1 nitrogen and oxygen atoms in total. The summed E-state index contributed by atoms with van der Waals surface area (Å²) in [5.41, 5.74) is 5.17. The Hall–Kier alpha value is -1.67. The lowest BCUT2D eigenvalue weighted by molar-refractivity contribution is 0.996. The van der Waals surface area contributed by atoms with Crippen LogP contribution in [0, 0.1) is 0 Å². The first-order valence-corrected chi connectivity index (χ1v) is 6.13. The standard InChI is InChI=1S/C15H13NS/c1-11(17)16-10-12-6-2-3-7-13(12)14-8-4-5-9-15(14)16/h2-9H,10H2,1H3. The van der Waals surface area contributed by atoms with E-state index in [-0.39, 0.29) is 0 Å². The Kier molecular flexibility index (Phi) is 2.45. The minimum atomic E-state index is 0.878. The number of fused-ring (bicyclic) bond motifs is 3. The Balaban J connectivity index is 2.26. The van der Waals surface area contributed by atoms with Crippen LogP contribution in [0.1, 0.15) is 12.5 Å². The zero-order valence-electron chi connectivity index (χ0n) is 9.68. The van der Waals surface area contributed by atoms with E-state index >= 15 is 0 Å². The van der Waals surface area contributed by atoms with E-state index in [1.807, 2.05) is 6.92 Å². The largest absolute Gasteiger partial charge is 0.331 e. The highest BCUT2D eigenvalue weighted by molar-refractivity contribution is 7.80. The first-order valence-electron chi connectivity index (χ1n) is 5.73. The maximum absolute atomic E-state index is 5.35. The summed E-state index contributed by atoms with van der Waals surface area (Å²) in [5, 5.41) is 0. The molecule has 2 heteroatoms. The molecule has 17 heavy (non-hydrogen) atoms. The molecule has 0 aromatic heterocycles. The summed E-state index contributed by atoms with van der Waals surface area (Å²) in [7, 11) is 0. The number of benzene rings is 2. The molecule has 0 amide bonds. The minimum Gasteiger partial charge on any atom is -0.331 e. The van der Waals surface area contributed by atoms with Crippen molar-refractivity contribution in [3.05, 3.63) is 54.1 Å². The molecular weight excluding hydrogens is 226 g/mol. The second-order valence-electron chi connectivity index (χ2n) is 4.28. The van der Waals surface area contributed by atoms with Crippen molar-refractivity contribution in [1.82, 2.24) is 0 Å². The molecular formula is C15H13NS. The van der Waals surface area contributed by atoms with Crippen molar-refractivity contribution in [2.75, 3.05) is 4.90 Å². The van der Waals surface area contributed by atoms with Gasteiger partial charge in [0.2, 0.25) is 0 Å². The van der Waals surface area contributed by atoms with Gasteiger partial charge in [0.25, 0.3) is 0 Å². The highest BCUT2D eigenvalue weighted by atomic mass is 32.1. The van der Waals surface area contributed by atoms with Gasteiger partial charge in [-0.1, -0.05) is 54.7 Å². The van der Waals surface area contributed by atoms with E-state index < -0.39 is 0 Å². The van der Waals surface area contributed by atoms with Crippen LogP contribution in [0.25, 0.3) is 11.1 Å². The van der Waals surface area contributed by atoms with Gasteiger partial charge in [0, 0.05) is 17.8 Å². The van der Waals surface area contributed by atoms with E-state index in [0.29, 0.717) is 0 Å². The fraction of sp³-hybridized carbons (Fsp3) is 0.133. The Morgan fingerprint density at radius 1 is 1.00 bits per heavy atom. The van der Waals surface area contributed by atoms with Crippen molar-refractivity contribution in [2.24, 2.45) is 0 Å². The zero-order valence-corrected chi connectivity index (χ0v) is 10.5. The predicted octanol–water partition coefficient (Wildman–Crippen LogP) is 4.02. The lowest BCUT2D eigenvalue weighted by Gasteiger charge is -2.32. The third-order valence-corrected chi connectivity index (χ3v) is 3.43. The van der Waals surface area contributed by atoms with Crippen molar-refractivity contribution in [2.45, 2.75) is 13.5 Å². The van der Waals surface area contributed by atoms with E-state index in [0.717, 1.165) is 11.5 Å². The third-order valence-electron chi connectivity index (χ3n) is 3.21. The van der Waals surface area contributed by atoms with Crippen LogP contribution in [0.5, 0.6) is 0 Å². The SMILES string of the molecule is CC(=S)N1Cc2ccccc2-c2ccccc21. The van der Waals surface area contributed by atoms with Gasteiger partial charge >= 0.3 is 0 Å². The molecule has 0 saturated heterocycles. The van der Waals surface area contributed by atoms with Crippen molar-refractivity contribution in [1.29, 1.82) is 0 Å². The van der Waals surface area contributed by atoms with Crippen LogP contribution < -0.4 is 4.90 Å². The molecule has 3 rings (SSSR count). The highest BCUT2D eigenvalue weighted by Crippen LogP contribution is 2.38. The van der Waals surface area contributed by atoms with E-state index in [1.54, 1.807) is 0 Å². The zero-order chi connectivity index (χ0) is 11.8. The summed E-state index contributed by atoms with van der Waals surface area (Å²) < 4.78 is 0. The van der Waals surface area contributed by atoms with Gasteiger partial charge in [-0.2, -0.15) is 0 Å². The highest BCUT2D eigenvalue weighted by Gasteiger charge is 2.21. The molecule has 2 aromatic carbocycles. The van der Waals surface area contributed by atoms with Gasteiger partial charge in [0.05, 0.1) is 4.99 Å². The first-order chi connectivity index (χ1) is 8.27. The van der Waals surface area contributed by atoms with E-state index in [1.165, 1.54) is 22.4 Å². The molecule has 0 fully saturated rings. The molecule has 84 valence electrons. The number of nitrogens with zero attached hydrogens (tertiary/aromatic N) is 1. The molecule has 2 aromatic rings. The summed E-state index contributed by atoms with van der Waals surface area (Å²) in [6.07, 6.45) is 0. The topological polar surface area (TPSA) is 3.24 Å². The molecule has 0 atom stereocenters. The van der Waals surface area contributed by atoms with Crippen LogP contribution in [0.4, 0.5) is 5.69 Å².